The van der Waals surface area contributed by atoms with Gasteiger partial charge in [0.15, 0.2) is 0 Å². The normalized spacial score (nSPS) is 14.0. The highest BCUT2D eigenvalue weighted by atomic mass is 16.3. The van der Waals surface area contributed by atoms with E-state index in [-0.39, 0.29) is 5.75 Å². The van der Waals surface area contributed by atoms with Crippen LogP contribution in [-0.2, 0) is 0 Å². The number of pyridine rings is 1. The molecule has 0 aliphatic carbocycles. The van der Waals surface area contributed by atoms with E-state index in [1.165, 1.54) is 0 Å². The molecule has 0 atom stereocenters. The highest BCUT2D eigenvalue weighted by Gasteiger charge is 2.19. The smallest absolute Gasteiger partial charge is 0.225 e. The van der Waals surface area contributed by atoms with E-state index in [0.717, 1.165) is 65.5 Å². The summed E-state index contributed by atoms with van der Waals surface area (Å²) in [4.78, 5) is 19.1. The monoisotopic (exact) mass is 425 g/mol. The van der Waals surface area contributed by atoms with Crippen LogP contribution in [0.25, 0.3) is 33.4 Å². The molecule has 0 unspecified atom stereocenters. The molecule has 0 amide bonds. The summed E-state index contributed by atoms with van der Waals surface area (Å²) in [5.41, 5.74) is 6.04. The third-order valence-corrected chi connectivity index (χ3v) is 6.03. The van der Waals surface area contributed by atoms with Gasteiger partial charge in [-0.1, -0.05) is 6.07 Å². The van der Waals surface area contributed by atoms with Crippen molar-refractivity contribution in [2.24, 2.45) is 0 Å². The van der Waals surface area contributed by atoms with Gasteiger partial charge in [0.25, 0.3) is 0 Å². The number of rotatable bonds is 3. The predicted molar refractivity (Wildman–Crippen MR) is 123 cm³/mol. The first-order valence-electron chi connectivity index (χ1n) is 10.6. The zero-order valence-corrected chi connectivity index (χ0v) is 18.0. The molecule has 3 N–H and O–H groups in total. The number of fused-ring (bicyclic) bond motifs is 1. The number of aromatic nitrogens is 4. The van der Waals surface area contributed by atoms with Gasteiger partial charge in [0, 0.05) is 61.3 Å². The number of benzene rings is 1. The lowest BCUT2D eigenvalue weighted by atomic mass is 9.92. The van der Waals surface area contributed by atoms with Crippen LogP contribution in [0.3, 0.4) is 0 Å². The number of nitriles is 1. The summed E-state index contributed by atoms with van der Waals surface area (Å²) in [6.07, 6.45) is 5.29. The average molecular weight is 425 g/mol. The van der Waals surface area contributed by atoms with Crippen molar-refractivity contribution >= 4 is 17.0 Å². The van der Waals surface area contributed by atoms with Gasteiger partial charge >= 0.3 is 0 Å². The number of aromatic hydroxyl groups is 1. The van der Waals surface area contributed by atoms with Gasteiger partial charge in [0.05, 0.1) is 11.3 Å². The van der Waals surface area contributed by atoms with E-state index in [1.54, 1.807) is 24.7 Å². The first kappa shape index (κ1) is 20.0. The van der Waals surface area contributed by atoms with Crippen LogP contribution in [0.5, 0.6) is 5.75 Å². The number of piperazine rings is 1. The summed E-state index contributed by atoms with van der Waals surface area (Å²) >= 11 is 0. The van der Waals surface area contributed by atoms with Crippen LogP contribution in [-0.4, -0.2) is 51.2 Å². The molecule has 3 aromatic heterocycles. The van der Waals surface area contributed by atoms with Crippen molar-refractivity contribution in [1.29, 1.82) is 5.26 Å². The van der Waals surface area contributed by atoms with Crippen LogP contribution >= 0.6 is 0 Å². The quantitative estimate of drug-likeness (QED) is 0.461. The minimum absolute atomic E-state index is 0.200. The van der Waals surface area contributed by atoms with Crippen molar-refractivity contribution in [3.63, 3.8) is 0 Å². The van der Waals surface area contributed by atoms with Crippen LogP contribution in [0.1, 0.15) is 16.7 Å². The number of hydrogen-bond acceptors (Lipinski definition) is 7. The molecule has 8 nitrogen and oxygen atoms in total. The Labute approximate surface area is 185 Å². The van der Waals surface area contributed by atoms with Crippen LogP contribution in [0.4, 0.5) is 5.95 Å². The van der Waals surface area contributed by atoms with Crippen LogP contribution in [0.15, 0.2) is 36.8 Å². The summed E-state index contributed by atoms with van der Waals surface area (Å²) < 4.78 is 0. The maximum absolute atomic E-state index is 10.2. The van der Waals surface area contributed by atoms with Gasteiger partial charge < -0.3 is 20.3 Å². The molecule has 0 bridgehead atoms. The zero-order valence-electron chi connectivity index (χ0n) is 18.0. The van der Waals surface area contributed by atoms with Crippen molar-refractivity contribution in [2.75, 3.05) is 31.1 Å². The summed E-state index contributed by atoms with van der Waals surface area (Å²) in [5, 5.41) is 24.3. The number of H-pyrrole nitrogens is 1. The molecule has 160 valence electrons. The second kappa shape index (κ2) is 7.94. The summed E-state index contributed by atoms with van der Waals surface area (Å²) in [5.74, 6) is 0.922. The Kier molecular flexibility index (Phi) is 4.96. The van der Waals surface area contributed by atoms with Crippen molar-refractivity contribution in [3.05, 3.63) is 53.5 Å². The van der Waals surface area contributed by atoms with Gasteiger partial charge in [-0.15, -0.1) is 0 Å². The molecule has 1 aromatic carbocycles. The number of anilines is 1. The van der Waals surface area contributed by atoms with E-state index in [2.05, 4.69) is 36.2 Å². The van der Waals surface area contributed by atoms with Crippen LogP contribution < -0.4 is 10.2 Å². The summed E-state index contributed by atoms with van der Waals surface area (Å²) in [6, 6.07) is 7.78. The highest BCUT2D eigenvalue weighted by molar-refractivity contribution is 5.94. The fourth-order valence-corrected chi connectivity index (χ4v) is 4.28. The van der Waals surface area contributed by atoms with Gasteiger partial charge in [-0.25, -0.2) is 15.0 Å². The Morgan fingerprint density at radius 3 is 2.53 bits per heavy atom. The Morgan fingerprint density at radius 1 is 1.06 bits per heavy atom. The molecule has 5 rings (SSSR count). The van der Waals surface area contributed by atoms with Gasteiger partial charge in [-0.2, -0.15) is 5.26 Å². The fourth-order valence-electron chi connectivity index (χ4n) is 4.28. The molecule has 1 saturated heterocycles. The molecule has 0 spiro atoms. The highest BCUT2D eigenvalue weighted by Crippen LogP contribution is 2.37. The lowest BCUT2D eigenvalue weighted by Gasteiger charge is -2.27. The van der Waals surface area contributed by atoms with E-state index in [4.69, 9.17) is 0 Å². The first-order chi connectivity index (χ1) is 15.6. The molecule has 8 heteroatoms. The van der Waals surface area contributed by atoms with Gasteiger partial charge in [0.1, 0.15) is 17.5 Å². The molecule has 1 fully saturated rings. The van der Waals surface area contributed by atoms with Gasteiger partial charge in [-0.3, -0.25) is 0 Å². The van der Waals surface area contributed by atoms with E-state index < -0.39 is 0 Å². The van der Waals surface area contributed by atoms with E-state index in [1.807, 2.05) is 26.0 Å². The summed E-state index contributed by atoms with van der Waals surface area (Å²) in [6.45, 7) is 7.44. The van der Waals surface area contributed by atoms with Crippen molar-refractivity contribution in [3.8, 4) is 34.2 Å². The first-order valence-corrected chi connectivity index (χ1v) is 10.6. The van der Waals surface area contributed by atoms with E-state index >= 15 is 0 Å². The average Bonchev–Trinajstić information content (AvgIpc) is 3.27. The molecule has 1 aliphatic rings. The number of aryl methyl sites for hydroxylation is 1. The number of hydrogen-bond donors (Lipinski definition) is 3. The minimum Gasteiger partial charge on any atom is -0.508 e. The molecular formula is C24H23N7O. The molecule has 4 heterocycles. The Balaban J connectivity index is 1.57. The second-order valence-electron chi connectivity index (χ2n) is 8.01. The Morgan fingerprint density at radius 2 is 1.81 bits per heavy atom. The summed E-state index contributed by atoms with van der Waals surface area (Å²) in [7, 11) is 0. The van der Waals surface area contributed by atoms with Crippen molar-refractivity contribution < 1.29 is 5.11 Å². The maximum atomic E-state index is 10.2. The molecule has 0 radical (unpaired) electrons. The zero-order chi connectivity index (χ0) is 22.2. The standard InChI is InChI=1S/C24H23N7O/c1-14-3-4-21(32)15(2)22(14)19-13-27-23-17(18(19)10-25)9-20(30-23)16-11-28-24(29-12-16)31-7-5-26-6-8-31/h3-4,9,11-13,26,32H,5-8H2,1-2H3,(H,27,30). The van der Waals surface area contributed by atoms with E-state index in [9.17, 15) is 10.4 Å². The minimum atomic E-state index is 0.200. The molecular weight excluding hydrogens is 402 g/mol. The SMILES string of the molecule is Cc1ccc(O)c(C)c1-c1cnc2[nH]c(-c3cnc(N4CCNCC4)nc3)cc2c1C#N. The lowest BCUT2D eigenvalue weighted by Crippen LogP contribution is -2.44. The van der Waals surface area contributed by atoms with E-state index in [0.29, 0.717) is 16.8 Å². The topological polar surface area (TPSA) is 114 Å². The van der Waals surface area contributed by atoms with Crippen LogP contribution in [0, 0.1) is 25.2 Å². The van der Waals surface area contributed by atoms with Crippen LogP contribution in [0.2, 0.25) is 0 Å². The van der Waals surface area contributed by atoms with Gasteiger partial charge in [-0.05, 0) is 42.7 Å². The number of aromatic amines is 1. The Bertz CT molecular complexity index is 1350. The molecule has 0 saturated carbocycles. The second-order valence-corrected chi connectivity index (χ2v) is 8.01. The largest absolute Gasteiger partial charge is 0.508 e. The molecule has 32 heavy (non-hydrogen) atoms. The molecule has 1 aliphatic heterocycles. The fraction of sp³-hybridized carbons (Fsp3) is 0.250. The third kappa shape index (κ3) is 3.33. The predicted octanol–water partition coefficient (Wildman–Crippen LogP) is 3.29. The number of phenolic OH excluding ortho intramolecular Hbond substituents is 1. The lowest BCUT2D eigenvalue weighted by molar-refractivity contribution is 0.471. The number of phenols is 1. The van der Waals surface area contributed by atoms with Crippen molar-refractivity contribution in [2.45, 2.75) is 13.8 Å². The third-order valence-electron chi connectivity index (χ3n) is 6.03. The van der Waals surface area contributed by atoms with Crippen molar-refractivity contribution in [1.82, 2.24) is 25.3 Å². The maximum Gasteiger partial charge on any atom is 0.225 e. The number of nitrogens with one attached hydrogen (secondary N) is 2. The Hall–Kier alpha value is -3.96. The van der Waals surface area contributed by atoms with Gasteiger partial charge in [0.2, 0.25) is 5.95 Å². The number of nitrogens with zero attached hydrogens (tertiary/aromatic N) is 5. The molecule has 4 aromatic rings.